The van der Waals surface area contributed by atoms with Crippen LogP contribution in [0, 0.1) is 0 Å². The number of nitrogens with one attached hydrogen (secondary N) is 1. The Morgan fingerprint density at radius 2 is 2.16 bits per heavy atom. The number of aliphatic hydroxyl groups excluding tert-OH is 1. The molecule has 1 atom stereocenters. The number of carbonyl (C=O) groups is 1. The fourth-order valence-electron chi connectivity index (χ4n) is 1.76. The highest BCUT2D eigenvalue weighted by atomic mass is 16.5. The minimum atomic E-state index is -1.15. The molecule has 0 aliphatic carbocycles. The van der Waals surface area contributed by atoms with Crippen molar-refractivity contribution >= 4 is 5.91 Å². The van der Waals surface area contributed by atoms with E-state index in [9.17, 15) is 9.90 Å². The van der Waals surface area contributed by atoms with Crippen molar-refractivity contribution in [3.05, 3.63) is 29.3 Å². The lowest BCUT2D eigenvalue weighted by atomic mass is 9.99. The number of rotatable bonds is 6. The predicted octanol–water partition coefficient (Wildman–Crippen LogP) is 0.754. The first-order valence-electron chi connectivity index (χ1n) is 6.32. The van der Waals surface area contributed by atoms with Crippen molar-refractivity contribution in [2.24, 2.45) is 5.73 Å². The third-order valence-corrected chi connectivity index (χ3v) is 2.91. The van der Waals surface area contributed by atoms with Gasteiger partial charge in [0.05, 0.1) is 7.11 Å². The van der Waals surface area contributed by atoms with E-state index < -0.39 is 12.0 Å². The van der Waals surface area contributed by atoms with Crippen LogP contribution in [0.3, 0.4) is 0 Å². The van der Waals surface area contributed by atoms with Crippen LogP contribution in [0.4, 0.5) is 0 Å². The highest BCUT2D eigenvalue weighted by molar-refractivity contribution is 5.80. The van der Waals surface area contributed by atoms with Crippen LogP contribution in [-0.2, 0) is 11.3 Å². The molecule has 1 amide bonds. The molecule has 106 valence electrons. The molecule has 4 N–H and O–H groups in total. The Labute approximate surface area is 113 Å². The van der Waals surface area contributed by atoms with Crippen LogP contribution in [-0.4, -0.2) is 30.8 Å². The van der Waals surface area contributed by atoms with E-state index >= 15 is 0 Å². The number of ether oxygens (including phenoxy) is 1. The van der Waals surface area contributed by atoms with E-state index in [-0.39, 0.29) is 6.54 Å². The first-order valence-corrected chi connectivity index (χ1v) is 6.32. The molecule has 0 fully saturated rings. The second-order valence-electron chi connectivity index (χ2n) is 4.70. The molecule has 0 bridgehead atoms. The van der Waals surface area contributed by atoms with Gasteiger partial charge in [-0.2, -0.15) is 0 Å². The van der Waals surface area contributed by atoms with Gasteiger partial charge in [0.1, 0.15) is 11.9 Å². The van der Waals surface area contributed by atoms with Crippen molar-refractivity contribution in [2.45, 2.75) is 32.4 Å². The lowest BCUT2D eigenvalue weighted by Gasteiger charge is -2.14. The second kappa shape index (κ2) is 7.11. The Morgan fingerprint density at radius 1 is 1.47 bits per heavy atom. The summed E-state index contributed by atoms with van der Waals surface area (Å²) in [6.07, 6.45) is -1.15. The average molecular weight is 266 g/mol. The monoisotopic (exact) mass is 266 g/mol. The number of nitrogens with two attached hydrogens (primary N) is 1. The van der Waals surface area contributed by atoms with Gasteiger partial charge in [-0.25, -0.2) is 0 Å². The molecule has 0 saturated heterocycles. The molecule has 0 aromatic heterocycles. The summed E-state index contributed by atoms with van der Waals surface area (Å²) in [7, 11) is 1.64. The number of benzene rings is 1. The third kappa shape index (κ3) is 4.22. The van der Waals surface area contributed by atoms with Crippen molar-refractivity contribution in [1.29, 1.82) is 0 Å². The van der Waals surface area contributed by atoms with Crippen LogP contribution in [0.5, 0.6) is 5.75 Å². The van der Waals surface area contributed by atoms with Crippen molar-refractivity contribution in [1.82, 2.24) is 5.32 Å². The largest absolute Gasteiger partial charge is 0.496 e. The van der Waals surface area contributed by atoms with Gasteiger partial charge in [-0.3, -0.25) is 4.79 Å². The van der Waals surface area contributed by atoms with Gasteiger partial charge in [0.25, 0.3) is 0 Å². The van der Waals surface area contributed by atoms with Crippen LogP contribution >= 0.6 is 0 Å². The normalized spacial score (nSPS) is 12.3. The number of hydrogen-bond acceptors (Lipinski definition) is 4. The van der Waals surface area contributed by atoms with Gasteiger partial charge in [-0.05, 0) is 23.1 Å². The molecule has 0 aliphatic rings. The number of hydrogen-bond donors (Lipinski definition) is 3. The predicted molar refractivity (Wildman–Crippen MR) is 74.0 cm³/mol. The van der Waals surface area contributed by atoms with Crippen molar-refractivity contribution < 1.29 is 14.6 Å². The maximum Gasteiger partial charge on any atom is 0.250 e. The SMILES string of the molecule is COc1ccc(CNC(=O)C(O)CN)cc1C(C)C. The molecule has 19 heavy (non-hydrogen) atoms. The van der Waals surface area contributed by atoms with Crippen molar-refractivity contribution in [3.8, 4) is 5.75 Å². The molecule has 1 aromatic carbocycles. The fraction of sp³-hybridized carbons (Fsp3) is 0.500. The molecule has 1 rings (SSSR count). The van der Waals surface area contributed by atoms with Crippen LogP contribution in [0.2, 0.25) is 0 Å². The summed E-state index contributed by atoms with van der Waals surface area (Å²) < 4.78 is 5.30. The van der Waals surface area contributed by atoms with Gasteiger partial charge < -0.3 is 20.9 Å². The minimum absolute atomic E-state index is 0.0777. The topological polar surface area (TPSA) is 84.6 Å². The molecule has 0 saturated carbocycles. The molecule has 0 heterocycles. The van der Waals surface area contributed by atoms with Crippen LogP contribution < -0.4 is 15.8 Å². The summed E-state index contributed by atoms with van der Waals surface area (Å²) in [6.45, 7) is 4.45. The van der Waals surface area contributed by atoms with Gasteiger partial charge in [-0.15, -0.1) is 0 Å². The van der Waals surface area contributed by atoms with Crippen LogP contribution in [0.25, 0.3) is 0 Å². The van der Waals surface area contributed by atoms with E-state index in [2.05, 4.69) is 19.2 Å². The Kier molecular flexibility index (Phi) is 5.79. The Hall–Kier alpha value is -1.59. The molecule has 5 nitrogen and oxygen atoms in total. The number of methoxy groups -OCH3 is 1. The number of carbonyl (C=O) groups excluding carboxylic acids is 1. The molecule has 0 aliphatic heterocycles. The number of aliphatic hydroxyl groups is 1. The second-order valence-corrected chi connectivity index (χ2v) is 4.70. The summed E-state index contributed by atoms with van der Waals surface area (Å²) in [5.41, 5.74) is 7.27. The maximum absolute atomic E-state index is 11.4. The lowest BCUT2D eigenvalue weighted by Crippen LogP contribution is -2.38. The quantitative estimate of drug-likeness (QED) is 0.709. The van der Waals surface area contributed by atoms with E-state index in [4.69, 9.17) is 10.5 Å². The van der Waals surface area contributed by atoms with E-state index in [0.29, 0.717) is 12.5 Å². The van der Waals surface area contributed by atoms with Crippen LogP contribution in [0.15, 0.2) is 18.2 Å². The molecular weight excluding hydrogens is 244 g/mol. The van der Waals surface area contributed by atoms with Gasteiger partial charge in [0, 0.05) is 13.1 Å². The Morgan fingerprint density at radius 3 is 2.68 bits per heavy atom. The lowest BCUT2D eigenvalue weighted by molar-refractivity contribution is -0.128. The Balaban J connectivity index is 2.75. The Bertz CT molecular complexity index is 433. The van der Waals surface area contributed by atoms with E-state index in [1.165, 1.54) is 0 Å². The first-order chi connectivity index (χ1) is 8.99. The zero-order valence-corrected chi connectivity index (χ0v) is 11.6. The third-order valence-electron chi connectivity index (χ3n) is 2.91. The summed E-state index contributed by atoms with van der Waals surface area (Å²) in [5.74, 6) is 0.719. The minimum Gasteiger partial charge on any atom is -0.496 e. The molecule has 0 radical (unpaired) electrons. The van der Waals surface area contributed by atoms with Gasteiger partial charge in [-0.1, -0.05) is 26.0 Å². The highest BCUT2D eigenvalue weighted by Gasteiger charge is 2.13. The molecule has 1 aromatic rings. The average Bonchev–Trinajstić information content (AvgIpc) is 2.43. The molecule has 5 heteroatoms. The van der Waals surface area contributed by atoms with Gasteiger partial charge >= 0.3 is 0 Å². The highest BCUT2D eigenvalue weighted by Crippen LogP contribution is 2.27. The molecular formula is C14H22N2O3. The van der Waals surface area contributed by atoms with E-state index in [1.54, 1.807) is 7.11 Å². The number of amides is 1. The van der Waals surface area contributed by atoms with Crippen molar-refractivity contribution in [3.63, 3.8) is 0 Å². The summed E-state index contributed by atoms with van der Waals surface area (Å²) >= 11 is 0. The summed E-state index contributed by atoms with van der Waals surface area (Å²) in [4.78, 5) is 11.4. The smallest absolute Gasteiger partial charge is 0.250 e. The zero-order valence-electron chi connectivity index (χ0n) is 11.6. The van der Waals surface area contributed by atoms with Crippen LogP contribution in [0.1, 0.15) is 30.9 Å². The van der Waals surface area contributed by atoms with Crippen molar-refractivity contribution in [2.75, 3.05) is 13.7 Å². The first kappa shape index (κ1) is 15.5. The van der Waals surface area contributed by atoms with Gasteiger partial charge in [0.2, 0.25) is 5.91 Å². The van der Waals surface area contributed by atoms with E-state index in [0.717, 1.165) is 16.9 Å². The summed E-state index contributed by atoms with van der Waals surface area (Å²) in [5, 5.41) is 11.9. The molecule has 0 spiro atoms. The summed E-state index contributed by atoms with van der Waals surface area (Å²) in [6, 6.07) is 5.77. The fourth-order valence-corrected chi connectivity index (χ4v) is 1.76. The molecule has 1 unspecified atom stereocenters. The standard InChI is InChI=1S/C14H22N2O3/c1-9(2)11-6-10(4-5-13(11)19-3)8-16-14(18)12(17)7-15/h4-6,9,12,17H,7-8,15H2,1-3H3,(H,16,18). The van der Waals surface area contributed by atoms with Gasteiger partial charge in [0.15, 0.2) is 0 Å². The van der Waals surface area contributed by atoms with E-state index in [1.807, 2.05) is 18.2 Å². The maximum atomic E-state index is 11.4. The zero-order chi connectivity index (χ0) is 14.4.